The topological polar surface area (TPSA) is 70.8 Å². The Morgan fingerprint density at radius 1 is 1.44 bits per heavy atom. The highest BCUT2D eigenvalue weighted by Gasteiger charge is 2.26. The lowest BCUT2D eigenvalue weighted by atomic mass is 10.1. The van der Waals surface area contributed by atoms with E-state index in [1.54, 1.807) is 14.0 Å². The van der Waals surface area contributed by atoms with Crippen LogP contribution in [0.4, 0.5) is 0 Å². The maximum absolute atomic E-state index is 11.9. The molecule has 1 atom stereocenters. The van der Waals surface area contributed by atoms with Gasteiger partial charge in [0.1, 0.15) is 17.4 Å². The van der Waals surface area contributed by atoms with Crippen molar-refractivity contribution in [1.82, 2.24) is 4.90 Å². The minimum Gasteiger partial charge on any atom is -0.481 e. The summed E-state index contributed by atoms with van der Waals surface area (Å²) in [6, 6.07) is 3.73. The van der Waals surface area contributed by atoms with Crippen molar-refractivity contribution >= 4 is 11.9 Å². The van der Waals surface area contributed by atoms with Crippen LogP contribution in [0.3, 0.4) is 0 Å². The van der Waals surface area contributed by atoms with Crippen LogP contribution in [0.5, 0.6) is 0 Å². The predicted molar refractivity (Wildman–Crippen MR) is 66.2 cm³/mol. The second kappa shape index (κ2) is 6.23. The van der Waals surface area contributed by atoms with Gasteiger partial charge in [-0.2, -0.15) is 0 Å². The third-order valence-electron chi connectivity index (χ3n) is 2.87. The van der Waals surface area contributed by atoms with Crippen LogP contribution in [-0.4, -0.2) is 35.5 Å². The maximum atomic E-state index is 11.9. The summed E-state index contributed by atoms with van der Waals surface area (Å²) in [6.07, 6.45) is 0.893. The van der Waals surface area contributed by atoms with Crippen LogP contribution in [0.2, 0.25) is 0 Å². The molecule has 1 rings (SSSR count). The molecule has 0 fully saturated rings. The van der Waals surface area contributed by atoms with E-state index < -0.39 is 11.9 Å². The van der Waals surface area contributed by atoms with E-state index in [2.05, 4.69) is 0 Å². The number of amides is 1. The second-order valence-corrected chi connectivity index (χ2v) is 4.32. The molecule has 0 spiro atoms. The van der Waals surface area contributed by atoms with Gasteiger partial charge in [-0.15, -0.1) is 0 Å². The molecule has 5 heteroatoms. The molecule has 1 aromatic heterocycles. The van der Waals surface area contributed by atoms with Crippen molar-refractivity contribution in [1.29, 1.82) is 0 Å². The molecular weight excluding hydrogens is 234 g/mol. The van der Waals surface area contributed by atoms with Crippen molar-refractivity contribution < 1.29 is 19.1 Å². The number of carboxylic acid groups (broad SMARTS) is 1. The summed E-state index contributed by atoms with van der Waals surface area (Å²) >= 11 is 0. The number of hydrogen-bond donors (Lipinski definition) is 1. The Labute approximate surface area is 106 Å². The van der Waals surface area contributed by atoms with E-state index in [0.717, 1.165) is 11.5 Å². The molecule has 1 heterocycles. The third kappa shape index (κ3) is 3.61. The SMILES string of the molecule is CCC(C(=O)O)C(=O)N(C)CCc1ccc(C)o1. The first kappa shape index (κ1) is 14.3. The van der Waals surface area contributed by atoms with E-state index in [0.29, 0.717) is 19.4 Å². The number of hydrogen-bond acceptors (Lipinski definition) is 3. The minimum atomic E-state index is -1.07. The lowest BCUT2D eigenvalue weighted by Gasteiger charge is -2.20. The molecule has 1 aromatic rings. The van der Waals surface area contributed by atoms with Gasteiger partial charge < -0.3 is 14.4 Å². The highest BCUT2D eigenvalue weighted by atomic mass is 16.4. The van der Waals surface area contributed by atoms with Crippen molar-refractivity contribution in [3.8, 4) is 0 Å². The molecule has 0 radical (unpaired) electrons. The average Bonchev–Trinajstić information content (AvgIpc) is 2.72. The molecule has 18 heavy (non-hydrogen) atoms. The molecule has 1 unspecified atom stereocenters. The van der Waals surface area contributed by atoms with Crippen molar-refractivity contribution in [2.45, 2.75) is 26.7 Å². The van der Waals surface area contributed by atoms with E-state index in [4.69, 9.17) is 9.52 Å². The largest absolute Gasteiger partial charge is 0.481 e. The van der Waals surface area contributed by atoms with Crippen LogP contribution in [0.15, 0.2) is 16.5 Å². The van der Waals surface area contributed by atoms with E-state index >= 15 is 0 Å². The van der Waals surface area contributed by atoms with Gasteiger partial charge in [0.15, 0.2) is 0 Å². The van der Waals surface area contributed by atoms with E-state index in [9.17, 15) is 9.59 Å². The molecule has 0 saturated heterocycles. The maximum Gasteiger partial charge on any atom is 0.316 e. The van der Waals surface area contributed by atoms with Crippen LogP contribution < -0.4 is 0 Å². The number of rotatable bonds is 6. The summed E-state index contributed by atoms with van der Waals surface area (Å²) in [5, 5.41) is 8.92. The zero-order valence-electron chi connectivity index (χ0n) is 11.0. The quantitative estimate of drug-likeness (QED) is 0.783. The molecule has 100 valence electrons. The Kier molecular flexibility index (Phi) is 4.95. The van der Waals surface area contributed by atoms with Crippen molar-refractivity contribution in [3.63, 3.8) is 0 Å². The smallest absolute Gasteiger partial charge is 0.316 e. The number of carboxylic acids is 1. The van der Waals surface area contributed by atoms with Gasteiger partial charge in [-0.25, -0.2) is 0 Å². The number of nitrogens with zero attached hydrogens (tertiary/aromatic N) is 1. The molecule has 0 bridgehead atoms. The van der Waals surface area contributed by atoms with Crippen molar-refractivity contribution in [3.05, 3.63) is 23.7 Å². The molecular formula is C13H19NO4. The third-order valence-corrected chi connectivity index (χ3v) is 2.87. The molecule has 1 amide bonds. The minimum absolute atomic E-state index is 0.304. The van der Waals surface area contributed by atoms with Gasteiger partial charge >= 0.3 is 5.97 Å². The zero-order chi connectivity index (χ0) is 13.7. The first-order chi connectivity index (χ1) is 8.45. The van der Waals surface area contributed by atoms with E-state index in [1.165, 1.54) is 4.90 Å². The summed E-state index contributed by atoms with van der Waals surface area (Å²) in [4.78, 5) is 24.2. The molecule has 1 N–H and O–H groups in total. The summed E-state index contributed by atoms with van der Waals surface area (Å²) in [5.41, 5.74) is 0. The number of likely N-dealkylation sites (N-methyl/N-ethyl adjacent to an activating group) is 1. The molecule has 0 aliphatic carbocycles. The Hall–Kier alpha value is -1.78. The second-order valence-electron chi connectivity index (χ2n) is 4.32. The highest BCUT2D eigenvalue weighted by Crippen LogP contribution is 2.10. The number of carbonyl (C=O) groups is 2. The Morgan fingerprint density at radius 2 is 2.11 bits per heavy atom. The average molecular weight is 253 g/mol. The first-order valence-electron chi connectivity index (χ1n) is 5.98. The molecule has 0 aliphatic heterocycles. The van der Waals surface area contributed by atoms with Crippen LogP contribution in [0, 0.1) is 12.8 Å². The number of aliphatic carboxylic acids is 1. The number of carbonyl (C=O) groups excluding carboxylic acids is 1. The van der Waals surface area contributed by atoms with Gasteiger partial charge in [-0.3, -0.25) is 9.59 Å². The predicted octanol–water partition coefficient (Wildman–Crippen LogP) is 1.70. The van der Waals surface area contributed by atoms with Crippen LogP contribution in [0.25, 0.3) is 0 Å². The molecule has 0 aromatic carbocycles. The Morgan fingerprint density at radius 3 is 2.56 bits per heavy atom. The summed E-state index contributed by atoms with van der Waals surface area (Å²) < 4.78 is 5.39. The fraction of sp³-hybridized carbons (Fsp3) is 0.538. The van der Waals surface area contributed by atoms with Crippen LogP contribution >= 0.6 is 0 Å². The van der Waals surface area contributed by atoms with E-state index in [1.807, 2.05) is 19.1 Å². The van der Waals surface area contributed by atoms with Gasteiger partial charge in [0.05, 0.1) is 0 Å². The highest BCUT2D eigenvalue weighted by molar-refractivity contribution is 5.96. The first-order valence-corrected chi connectivity index (χ1v) is 5.98. The standard InChI is InChI=1S/C13H19NO4/c1-4-11(13(16)17)12(15)14(3)8-7-10-6-5-9(2)18-10/h5-6,11H,4,7-8H2,1-3H3,(H,16,17). The van der Waals surface area contributed by atoms with Gasteiger partial charge in [0.2, 0.25) is 5.91 Å². The molecule has 0 saturated carbocycles. The van der Waals surface area contributed by atoms with Crippen molar-refractivity contribution in [2.75, 3.05) is 13.6 Å². The monoisotopic (exact) mass is 253 g/mol. The lowest BCUT2D eigenvalue weighted by Crippen LogP contribution is -2.37. The zero-order valence-corrected chi connectivity index (χ0v) is 11.0. The van der Waals surface area contributed by atoms with Gasteiger partial charge in [-0.05, 0) is 25.5 Å². The van der Waals surface area contributed by atoms with E-state index in [-0.39, 0.29) is 5.91 Å². The van der Waals surface area contributed by atoms with Crippen LogP contribution in [0.1, 0.15) is 24.9 Å². The summed E-state index contributed by atoms with van der Waals surface area (Å²) in [5.74, 6) is -0.740. The fourth-order valence-corrected chi connectivity index (χ4v) is 1.73. The summed E-state index contributed by atoms with van der Waals surface area (Å²) in [7, 11) is 1.61. The van der Waals surface area contributed by atoms with Crippen molar-refractivity contribution in [2.24, 2.45) is 5.92 Å². The fourth-order valence-electron chi connectivity index (χ4n) is 1.73. The Balaban J connectivity index is 2.52. The molecule has 0 aliphatic rings. The Bertz CT molecular complexity index is 424. The van der Waals surface area contributed by atoms with Crippen LogP contribution in [-0.2, 0) is 16.0 Å². The van der Waals surface area contributed by atoms with Gasteiger partial charge in [-0.1, -0.05) is 6.92 Å². The lowest BCUT2D eigenvalue weighted by molar-refractivity contribution is -0.150. The normalized spacial score (nSPS) is 12.2. The molecule has 5 nitrogen and oxygen atoms in total. The van der Waals surface area contributed by atoms with Gasteiger partial charge in [0.25, 0.3) is 0 Å². The van der Waals surface area contributed by atoms with Gasteiger partial charge in [0, 0.05) is 20.0 Å². The summed E-state index contributed by atoms with van der Waals surface area (Å²) in [6.45, 7) is 4.01. The number of aryl methyl sites for hydroxylation is 1. The number of furan rings is 1.